The summed E-state index contributed by atoms with van der Waals surface area (Å²) in [5.74, 6) is 1.08. The van der Waals surface area contributed by atoms with Crippen LogP contribution in [0.1, 0.15) is 32.5 Å². The number of rotatable bonds is 5. The van der Waals surface area contributed by atoms with Crippen molar-refractivity contribution < 1.29 is 4.74 Å². The summed E-state index contributed by atoms with van der Waals surface area (Å²) in [6.07, 6.45) is 4.94. The lowest BCUT2D eigenvalue weighted by atomic mass is 10.1. The summed E-state index contributed by atoms with van der Waals surface area (Å²) in [6, 6.07) is 0.533. The Morgan fingerprint density at radius 3 is 3.05 bits per heavy atom. The van der Waals surface area contributed by atoms with Crippen LogP contribution in [0.4, 0.5) is 0 Å². The normalized spacial score (nSPS) is 27.1. The lowest BCUT2D eigenvalue weighted by Gasteiger charge is -2.29. The summed E-state index contributed by atoms with van der Waals surface area (Å²) in [6.45, 7) is 9.31. The standard InChI is InChI=1S/C14H25N5O/c1-11(2)15-7-12-3-4-13(20-12)8-18-5-6-19-10-16-17-14(19)9-18/h10-13,15H,3-9H2,1-2H3. The van der Waals surface area contributed by atoms with Crippen molar-refractivity contribution in [2.24, 2.45) is 0 Å². The summed E-state index contributed by atoms with van der Waals surface area (Å²) < 4.78 is 8.28. The third kappa shape index (κ3) is 3.37. The third-order valence-corrected chi connectivity index (χ3v) is 4.13. The van der Waals surface area contributed by atoms with Crippen LogP contribution < -0.4 is 5.32 Å². The molecule has 0 amide bonds. The zero-order valence-electron chi connectivity index (χ0n) is 12.5. The molecule has 3 rings (SSSR count). The molecule has 112 valence electrons. The molecule has 3 heterocycles. The first-order chi connectivity index (χ1) is 9.70. The average molecular weight is 279 g/mol. The second kappa shape index (κ2) is 6.20. The lowest BCUT2D eigenvalue weighted by Crippen LogP contribution is -2.39. The first-order valence-electron chi connectivity index (χ1n) is 7.68. The van der Waals surface area contributed by atoms with Gasteiger partial charge in [0.15, 0.2) is 0 Å². The van der Waals surface area contributed by atoms with Gasteiger partial charge in [0.25, 0.3) is 0 Å². The maximum Gasteiger partial charge on any atom is 0.147 e. The fourth-order valence-electron chi connectivity index (χ4n) is 2.99. The van der Waals surface area contributed by atoms with E-state index in [0.717, 1.165) is 38.5 Å². The maximum absolute atomic E-state index is 6.14. The van der Waals surface area contributed by atoms with Crippen molar-refractivity contribution in [3.63, 3.8) is 0 Å². The molecule has 0 bridgehead atoms. The van der Waals surface area contributed by atoms with Gasteiger partial charge in [-0.1, -0.05) is 13.8 Å². The predicted octanol–water partition coefficient (Wildman–Crippen LogP) is 0.639. The van der Waals surface area contributed by atoms with Gasteiger partial charge in [0.05, 0.1) is 18.8 Å². The van der Waals surface area contributed by atoms with Crippen LogP contribution in [0.5, 0.6) is 0 Å². The van der Waals surface area contributed by atoms with Crippen molar-refractivity contribution in [3.8, 4) is 0 Å². The van der Waals surface area contributed by atoms with Crippen LogP contribution >= 0.6 is 0 Å². The SMILES string of the molecule is CC(C)NCC1CCC(CN2CCn3cnnc3C2)O1. The van der Waals surface area contributed by atoms with E-state index in [0.29, 0.717) is 18.2 Å². The summed E-state index contributed by atoms with van der Waals surface area (Å²) in [5, 5.41) is 11.6. The fourth-order valence-corrected chi connectivity index (χ4v) is 2.99. The summed E-state index contributed by atoms with van der Waals surface area (Å²) in [5.41, 5.74) is 0. The summed E-state index contributed by atoms with van der Waals surface area (Å²) in [4.78, 5) is 2.44. The number of hydrogen-bond acceptors (Lipinski definition) is 5. The van der Waals surface area contributed by atoms with Crippen molar-refractivity contribution in [3.05, 3.63) is 12.2 Å². The number of fused-ring (bicyclic) bond motifs is 1. The van der Waals surface area contributed by atoms with Crippen LogP contribution in [0, 0.1) is 0 Å². The molecule has 0 saturated carbocycles. The highest BCUT2D eigenvalue weighted by molar-refractivity contribution is 4.91. The molecular weight excluding hydrogens is 254 g/mol. The predicted molar refractivity (Wildman–Crippen MR) is 76.3 cm³/mol. The second-order valence-electron chi connectivity index (χ2n) is 6.20. The van der Waals surface area contributed by atoms with Gasteiger partial charge in [-0.3, -0.25) is 4.90 Å². The van der Waals surface area contributed by atoms with Gasteiger partial charge in [-0.05, 0) is 12.8 Å². The van der Waals surface area contributed by atoms with Gasteiger partial charge >= 0.3 is 0 Å². The van der Waals surface area contributed by atoms with Crippen LogP contribution in [0.25, 0.3) is 0 Å². The van der Waals surface area contributed by atoms with Gasteiger partial charge in [-0.15, -0.1) is 10.2 Å². The highest BCUT2D eigenvalue weighted by Crippen LogP contribution is 2.21. The maximum atomic E-state index is 6.14. The largest absolute Gasteiger partial charge is 0.372 e. The molecule has 1 saturated heterocycles. The van der Waals surface area contributed by atoms with E-state index in [1.54, 1.807) is 0 Å². The van der Waals surface area contributed by atoms with Gasteiger partial charge in [0, 0.05) is 32.2 Å². The van der Waals surface area contributed by atoms with Crippen LogP contribution in [0.2, 0.25) is 0 Å². The van der Waals surface area contributed by atoms with Crippen LogP contribution in [-0.2, 0) is 17.8 Å². The van der Waals surface area contributed by atoms with Gasteiger partial charge < -0.3 is 14.6 Å². The van der Waals surface area contributed by atoms with E-state index in [-0.39, 0.29) is 0 Å². The fraction of sp³-hybridized carbons (Fsp3) is 0.857. The molecule has 0 spiro atoms. The smallest absolute Gasteiger partial charge is 0.147 e. The zero-order valence-corrected chi connectivity index (χ0v) is 12.5. The average Bonchev–Trinajstić information content (AvgIpc) is 3.04. The third-order valence-electron chi connectivity index (χ3n) is 4.13. The first-order valence-corrected chi connectivity index (χ1v) is 7.68. The van der Waals surface area contributed by atoms with Gasteiger partial charge in [-0.2, -0.15) is 0 Å². The van der Waals surface area contributed by atoms with Gasteiger partial charge in [0.1, 0.15) is 12.2 Å². The molecule has 1 N–H and O–H groups in total. The number of nitrogens with one attached hydrogen (secondary N) is 1. The Labute approximate surface area is 120 Å². The Balaban J connectivity index is 1.44. The molecule has 6 nitrogen and oxygen atoms in total. The van der Waals surface area contributed by atoms with Crippen LogP contribution in [-0.4, -0.2) is 57.5 Å². The van der Waals surface area contributed by atoms with Crippen LogP contribution in [0.15, 0.2) is 6.33 Å². The molecule has 2 atom stereocenters. The molecule has 2 unspecified atom stereocenters. The lowest BCUT2D eigenvalue weighted by molar-refractivity contribution is 0.0173. The number of aromatic nitrogens is 3. The molecular formula is C14H25N5O. The van der Waals surface area contributed by atoms with Crippen molar-refractivity contribution in [1.29, 1.82) is 0 Å². The van der Waals surface area contributed by atoms with E-state index >= 15 is 0 Å². The van der Waals surface area contributed by atoms with E-state index in [9.17, 15) is 0 Å². The van der Waals surface area contributed by atoms with Crippen molar-refractivity contribution in [1.82, 2.24) is 25.0 Å². The molecule has 0 aromatic carbocycles. The molecule has 6 heteroatoms. The minimum absolute atomic E-state index is 0.378. The minimum atomic E-state index is 0.378. The summed E-state index contributed by atoms with van der Waals surface area (Å²) >= 11 is 0. The van der Waals surface area contributed by atoms with E-state index in [4.69, 9.17) is 4.74 Å². The summed E-state index contributed by atoms with van der Waals surface area (Å²) in [7, 11) is 0. The molecule has 20 heavy (non-hydrogen) atoms. The van der Waals surface area contributed by atoms with Gasteiger partial charge in [0.2, 0.25) is 0 Å². The molecule has 0 aliphatic carbocycles. The van der Waals surface area contributed by atoms with E-state index in [1.807, 2.05) is 6.33 Å². The van der Waals surface area contributed by atoms with Gasteiger partial charge in [-0.25, -0.2) is 0 Å². The number of ether oxygens (including phenoxy) is 1. The Bertz CT molecular complexity index is 433. The number of nitrogens with zero attached hydrogens (tertiary/aromatic N) is 4. The molecule has 0 radical (unpaired) electrons. The molecule has 1 aromatic rings. The Kier molecular flexibility index (Phi) is 4.33. The first kappa shape index (κ1) is 14.0. The van der Waals surface area contributed by atoms with E-state index in [2.05, 4.69) is 38.8 Å². The van der Waals surface area contributed by atoms with Crippen molar-refractivity contribution >= 4 is 0 Å². The molecule has 2 aliphatic rings. The topological polar surface area (TPSA) is 55.2 Å². The van der Waals surface area contributed by atoms with Crippen molar-refractivity contribution in [2.75, 3.05) is 19.6 Å². The second-order valence-corrected chi connectivity index (χ2v) is 6.20. The van der Waals surface area contributed by atoms with Crippen LogP contribution in [0.3, 0.4) is 0 Å². The van der Waals surface area contributed by atoms with Crippen molar-refractivity contribution in [2.45, 2.75) is 58.0 Å². The molecule has 1 fully saturated rings. The Morgan fingerprint density at radius 2 is 2.20 bits per heavy atom. The highest BCUT2D eigenvalue weighted by Gasteiger charge is 2.28. The minimum Gasteiger partial charge on any atom is -0.372 e. The molecule has 2 aliphatic heterocycles. The van der Waals surface area contributed by atoms with E-state index < -0.39 is 0 Å². The quantitative estimate of drug-likeness (QED) is 0.857. The van der Waals surface area contributed by atoms with E-state index in [1.165, 1.54) is 12.8 Å². The number of hydrogen-bond donors (Lipinski definition) is 1. The highest BCUT2D eigenvalue weighted by atomic mass is 16.5. The zero-order chi connectivity index (χ0) is 13.9. The Morgan fingerprint density at radius 1 is 1.35 bits per heavy atom. The Hall–Kier alpha value is -0.980. The monoisotopic (exact) mass is 279 g/mol. The molecule has 1 aromatic heterocycles.